The van der Waals surface area contributed by atoms with Crippen molar-refractivity contribution in [2.45, 2.75) is 84.6 Å². The molecule has 4 heteroatoms. The molecule has 1 aromatic rings. The van der Waals surface area contributed by atoms with E-state index in [9.17, 15) is 4.79 Å². The van der Waals surface area contributed by atoms with Gasteiger partial charge in [0.2, 0.25) is 5.91 Å². The minimum Gasteiger partial charge on any atom is -0.361 e. The van der Waals surface area contributed by atoms with Crippen molar-refractivity contribution in [3.8, 4) is 0 Å². The molecular formula is C21H32N2O2. The van der Waals surface area contributed by atoms with Crippen LogP contribution < -0.4 is 5.32 Å². The zero-order valence-corrected chi connectivity index (χ0v) is 16.1. The summed E-state index contributed by atoms with van der Waals surface area (Å²) in [4.78, 5) is 13.0. The van der Waals surface area contributed by atoms with E-state index in [0.717, 1.165) is 41.2 Å². The third-order valence-corrected chi connectivity index (χ3v) is 7.46. The SMILES string of the molecule is CC[C@@H](NC(=O)[C@@H](C)c1c(C)noc1C)C12CC3CC(CC(C3)C1)C2. The van der Waals surface area contributed by atoms with Crippen LogP contribution >= 0.6 is 0 Å². The quantitative estimate of drug-likeness (QED) is 0.855. The molecule has 4 saturated carbocycles. The molecule has 4 fully saturated rings. The topological polar surface area (TPSA) is 55.1 Å². The summed E-state index contributed by atoms with van der Waals surface area (Å²) >= 11 is 0. The van der Waals surface area contributed by atoms with Crippen molar-refractivity contribution in [1.82, 2.24) is 10.5 Å². The van der Waals surface area contributed by atoms with E-state index in [2.05, 4.69) is 17.4 Å². The van der Waals surface area contributed by atoms with Gasteiger partial charge in [0.15, 0.2) is 0 Å². The maximum absolute atomic E-state index is 13.0. The molecule has 1 N–H and O–H groups in total. The van der Waals surface area contributed by atoms with Crippen molar-refractivity contribution in [1.29, 1.82) is 0 Å². The number of carbonyl (C=O) groups excluding carboxylic acids is 1. The highest BCUT2D eigenvalue weighted by Gasteiger charge is 2.54. The van der Waals surface area contributed by atoms with Crippen molar-refractivity contribution in [2.24, 2.45) is 23.2 Å². The molecule has 4 aliphatic rings. The number of carbonyl (C=O) groups is 1. The van der Waals surface area contributed by atoms with Crippen LogP contribution in [0.25, 0.3) is 0 Å². The summed E-state index contributed by atoms with van der Waals surface area (Å²) in [5.41, 5.74) is 2.15. The van der Waals surface area contributed by atoms with E-state index < -0.39 is 0 Å². The Bertz CT molecular complexity index is 608. The van der Waals surface area contributed by atoms with Crippen LogP contribution in [0.2, 0.25) is 0 Å². The number of nitrogens with zero attached hydrogens (tertiary/aromatic N) is 1. The van der Waals surface area contributed by atoms with Crippen LogP contribution in [0.5, 0.6) is 0 Å². The monoisotopic (exact) mass is 344 g/mol. The van der Waals surface area contributed by atoms with Crippen LogP contribution in [0, 0.1) is 37.0 Å². The summed E-state index contributed by atoms with van der Waals surface area (Å²) < 4.78 is 5.27. The Morgan fingerprint density at radius 1 is 1.20 bits per heavy atom. The largest absolute Gasteiger partial charge is 0.361 e. The number of hydrogen-bond acceptors (Lipinski definition) is 3. The van der Waals surface area contributed by atoms with Crippen molar-refractivity contribution in [3.05, 3.63) is 17.0 Å². The molecule has 0 radical (unpaired) electrons. The van der Waals surface area contributed by atoms with Crippen molar-refractivity contribution < 1.29 is 9.32 Å². The van der Waals surface area contributed by atoms with Gasteiger partial charge in [-0.05, 0) is 88.9 Å². The summed E-state index contributed by atoms with van der Waals surface area (Å²) in [5, 5.41) is 7.48. The van der Waals surface area contributed by atoms with Gasteiger partial charge < -0.3 is 9.84 Å². The van der Waals surface area contributed by atoms with Crippen LogP contribution in [-0.4, -0.2) is 17.1 Å². The van der Waals surface area contributed by atoms with E-state index in [1.807, 2.05) is 20.8 Å². The van der Waals surface area contributed by atoms with E-state index in [0.29, 0.717) is 11.5 Å². The second-order valence-corrected chi connectivity index (χ2v) is 9.21. The maximum atomic E-state index is 13.0. The Kier molecular flexibility index (Phi) is 4.20. The van der Waals surface area contributed by atoms with Gasteiger partial charge in [0.05, 0.1) is 11.6 Å². The third kappa shape index (κ3) is 2.82. The molecule has 0 spiro atoms. The number of nitrogens with one attached hydrogen (secondary N) is 1. The van der Waals surface area contributed by atoms with Crippen molar-refractivity contribution >= 4 is 5.91 Å². The van der Waals surface area contributed by atoms with Crippen LogP contribution in [0.3, 0.4) is 0 Å². The zero-order valence-electron chi connectivity index (χ0n) is 16.1. The van der Waals surface area contributed by atoms with Crippen LogP contribution in [-0.2, 0) is 4.79 Å². The predicted octanol–water partition coefficient (Wildman–Crippen LogP) is 4.51. The number of aryl methyl sites for hydroxylation is 2. The Labute approximate surface area is 151 Å². The van der Waals surface area contributed by atoms with Crippen LogP contribution in [0.4, 0.5) is 0 Å². The molecule has 1 amide bonds. The summed E-state index contributed by atoms with van der Waals surface area (Å²) in [6.45, 7) is 8.04. The minimum absolute atomic E-state index is 0.136. The fourth-order valence-electron chi connectivity index (χ4n) is 6.83. The zero-order chi connectivity index (χ0) is 17.8. The fraction of sp³-hybridized carbons (Fsp3) is 0.810. The van der Waals surface area contributed by atoms with Crippen LogP contribution in [0.1, 0.15) is 81.7 Å². The van der Waals surface area contributed by atoms with Gasteiger partial charge in [-0.15, -0.1) is 0 Å². The molecule has 25 heavy (non-hydrogen) atoms. The van der Waals surface area contributed by atoms with Crippen molar-refractivity contribution in [3.63, 3.8) is 0 Å². The lowest BCUT2D eigenvalue weighted by atomic mass is 9.47. The predicted molar refractivity (Wildman–Crippen MR) is 97.2 cm³/mol. The van der Waals surface area contributed by atoms with Gasteiger partial charge in [-0.2, -0.15) is 0 Å². The normalized spacial score (nSPS) is 35.6. The van der Waals surface area contributed by atoms with E-state index in [4.69, 9.17) is 4.52 Å². The van der Waals surface area contributed by atoms with Crippen LogP contribution in [0.15, 0.2) is 4.52 Å². The average Bonchev–Trinajstić information content (AvgIpc) is 2.89. The Morgan fingerprint density at radius 2 is 1.76 bits per heavy atom. The first-order chi connectivity index (χ1) is 11.9. The maximum Gasteiger partial charge on any atom is 0.227 e. The number of aromatic nitrogens is 1. The molecule has 4 nitrogen and oxygen atoms in total. The molecule has 2 atom stereocenters. The molecule has 0 aromatic carbocycles. The molecular weight excluding hydrogens is 312 g/mol. The van der Waals surface area contributed by atoms with E-state index in [-0.39, 0.29) is 11.8 Å². The smallest absolute Gasteiger partial charge is 0.227 e. The second kappa shape index (κ2) is 6.14. The number of amides is 1. The molecule has 4 bridgehead atoms. The molecule has 1 heterocycles. The first-order valence-corrected chi connectivity index (χ1v) is 10.1. The van der Waals surface area contributed by atoms with Gasteiger partial charge in [0.25, 0.3) is 0 Å². The Hall–Kier alpha value is -1.32. The highest BCUT2D eigenvalue weighted by atomic mass is 16.5. The minimum atomic E-state index is -0.200. The fourth-order valence-corrected chi connectivity index (χ4v) is 6.83. The summed E-state index contributed by atoms with van der Waals surface area (Å²) in [7, 11) is 0. The van der Waals surface area contributed by atoms with E-state index in [1.165, 1.54) is 38.5 Å². The molecule has 1 aromatic heterocycles. The Morgan fingerprint density at radius 3 is 2.20 bits per heavy atom. The van der Waals surface area contributed by atoms with Gasteiger partial charge >= 0.3 is 0 Å². The molecule has 138 valence electrons. The third-order valence-electron chi connectivity index (χ3n) is 7.46. The van der Waals surface area contributed by atoms with Crippen molar-refractivity contribution in [2.75, 3.05) is 0 Å². The summed E-state index contributed by atoms with van der Waals surface area (Å²) in [6.07, 6.45) is 9.36. The Balaban J connectivity index is 1.51. The van der Waals surface area contributed by atoms with Gasteiger partial charge in [-0.1, -0.05) is 12.1 Å². The first-order valence-electron chi connectivity index (χ1n) is 10.1. The lowest BCUT2D eigenvalue weighted by Crippen LogP contribution is -2.57. The highest BCUT2D eigenvalue weighted by molar-refractivity contribution is 5.84. The molecule has 5 rings (SSSR count). The molecule has 0 saturated heterocycles. The van der Waals surface area contributed by atoms with E-state index >= 15 is 0 Å². The average molecular weight is 344 g/mol. The number of hydrogen-bond donors (Lipinski definition) is 1. The van der Waals surface area contributed by atoms with Gasteiger partial charge in [-0.25, -0.2) is 0 Å². The molecule has 0 unspecified atom stereocenters. The van der Waals surface area contributed by atoms with Gasteiger partial charge in [-0.3, -0.25) is 4.79 Å². The van der Waals surface area contributed by atoms with Gasteiger partial charge in [0, 0.05) is 11.6 Å². The lowest BCUT2D eigenvalue weighted by Gasteiger charge is -2.59. The highest BCUT2D eigenvalue weighted by Crippen LogP contribution is 2.61. The lowest BCUT2D eigenvalue weighted by molar-refractivity contribution is -0.127. The second-order valence-electron chi connectivity index (χ2n) is 9.21. The standard InChI is InChI=1S/C21H32N2O2/c1-5-18(21-9-15-6-16(10-21)8-17(7-15)11-21)22-20(24)12(2)19-13(3)23-25-14(19)4/h12,15-18H,5-11H2,1-4H3,(H,22,24)/t12-,15?,16?,17?,18+,21?/m0/s1. The first kappa shape index (κ1) is 17.1. The summed E-state index contributed by atoms with van der Waals surface area (Å²) in [6, 6.07) is 0.316. The van der Waals surface area contributed by atoms with E-state index in [1.54, 1.807) is 0 Å². The summed E-state index contributed by atoms with van der Waals surface area (Å²) in [5.74, 6) is 3.45. The molecule has 4 aliphatic carbocycles. The molecule has 0 aliphatic heterocycles. The van der Waals surface area contributed by atoms with Gasteiger partial charge in [0.1, 0.15) is 5.76 Å². The number of rotatable bonds is 5.